The molecule has 142 valence electrons. The highest BCUT2D eigenvalue weighted by molar-refractivity contribution is 5.98. The number of carbonyl (C=O) groups excluding carboxylic acids is 1. The SMILES string of the molecule is Cc1ccc2c(c1)cc(C(=O)N1CCC(O)(Cn3ccnc3C)CC1)n2C. The van der Waals surface area contributed by atoms with E-state index in [0.29, 0.717) is 38.2 Å². The molecule has 1 aromatic carbocycles. The zero-order valence-corrected chi connectivity index (χ0v) is 16.1. The lowest BCUT2D eigenvalue weighted by Gasteiger charge is -2.38. The van der Waals surface area contributed by atoms with Gasteiger partial charge in [-0.05, 0) is 44.9 Å². The maximum Gasteiger partial charge on any atom is 0.270 e. The van der Waals surface area contributed by atoms with Crippen molar-refractivity contribution in [2.45, 2.75) is 38.8 Å². The molecule has 0 unspecified atom stereocenters. The van der Waals surface area contributed by atoms with Gasteiger partial charge >= 0.3 is 0 Å². The molecule has 4 rings (SSSR count). The largest absolute Gasteiger partial charge is 0.388 e. The van der Waals surface area contributed by atoms with Crippen molar-refractivity contribution in [3.05, 3.63) is 53.7 Å². The Morgan fingerprint density at radius 2 is 1.96 bits per heavy atom. The normalized spacial score (nSPS) is 16.8. The molecule has 3 heterocycles. The molecular formula is C21H26N4O2. The van der Waals surface area contributed by atoms with Gasteiger partial charge in [-0.1, -0.05) is 11.6 Å². The molecule has 1 aliphatic rings. The van der Waals surface area contributed by atoms with Crippen molar-refractivity contribution in [1.82, 2.24) is 19.0 Å². The second-order valence-corrected chi connectivity index (χ2v) is 7.77. The van der Waals surface area contributed by atoms with Gasteiger partial charge < -0.3 is 19.1 Å². The number of imidazole rings is 1. The van der Waals surface area contributed by atoms with Gasteiger partial charge in [0.15, 0.2) is 0 Å². The highest BCUT2D eigenvalue weighted by atomic mass is 16.3. The molecule has 1 aliphatic heterocycles. The molecule has 1 amide bonds. The van der Waals surface area contributed by atoms with Crippen molar-refractivity contribution in [2.24, 2.45) is 7.05 Å². The van der Waals surface area contributed by atoms with Crippen LogP contribution in [0.25, 0.3) is 10.9 Å². The van der Waals surface area contributed by atoms with Crippen LogP contribution in [0.4, 0.5) is 0 Å². The second-order valence-electron chi connectivity index (χ2n) is 7.77. The number of amides is 1. The fraction of sp³-hybridized carbons (Fsp3) is 0.429. The Hall–Kier alpha value is -2.60. The summed E-state index contributed by atoms with van der Waals surface area (Å²) in [6.07, 6.45) is 4.78. The number of carbonyl (C=O) groups is 1. The first-order chi connectivity index (χ1) is 12.9. The summed E-state index contributed by atoms with van der Waals surface area (Å²) in [5.74, 6) is 0.930. The van der Waals surface area contributed by atoms with Crippen LogP contribution in [0, 0.1) is 13.8 Å². The summed E-state index contributed by atoms with van der Waals surface area (Å²) >= 11 is 0. The van der Waals surface area contributed by atoms with E-state index in [1.54, 1.807) is 6.20 Å². The first-order valence-electron chi connectivity index (χ1n) is 9.42. The molecule has 0 aliphatic carbocycles. The second kappa shape index (κ2) is 6.53. The van der Waals surface area contributed by atoms with Crippen LogP contribution in [0.15, 0.2) is 36.7 Å². The maximum atomic E-state index is 13.1. The van der Waals surface area contributed by atoms with Gasteiger partial charge in [0, 0.05) is 43.4 Å². The molecule has 1 fully saturated rings. The Bertz CT molecular complexity index is 993. The summed E-state index contributed by atoms with van der Waals surface area (Å²) in [4.78, 5) is 19.1. The molecule has 1 saturated heterocycles. The monoisotopic (exact) mass is 366 g/mol. The van der Waals surface area contributed by atoms with E-state index in [4.69, 9.17) is 0 Å². The van der Waals surface area contributed by atoms with Crippen LogP contribution in [0.3, 0.4) is 0 Å². The molecule has 0 radical (unpaired) electrons. The summed E-state index contributed by atoms with van der Waals surface area (Å²) in [5, 5.41) is 12.0. The Morgan fingerprint density at radius 3 is 2.63 bits per heavy atom. The molecule has 0 bridgehead atoms. The molecule has 3 aromatic rings. The van der Waals surface area contributed by atoms with E-state index in [1.807, 2.05) is 40.3 Å². The Kier molecular flexibility index (Phi) is 4.30. The van der Waals surface area contributed by atoms with Gasteiger partial charge in [-0.25, -0.2) is 4.98 Å². The fourth-order valence-corrected chi connectivity index (χ4v) is 4.01. The molecule has 0 spiro atoms. The Labute approximate surface area is 159 Å². The average Bonchev–Trinajstić information content (AvgIpc) is 3.18. The number of likely N-dealkylation sites (tertiary alicyclic amines) is 1. The van der Waals surface area contributed by atoms with Crippen LogP contribution in [0.2, 0.25) is 0 Å². The standard InChI is InChI=1S/C21H26N4O2/c1-15-4-5-18-17(12-15)13-19(23(18)3)20(26)24-9-6-21(27,7-10-24)14-25-11-8-22-16(25)2/h4-5,8,11-13,27H,6-7,9-10,14H2,1-3H3. The number of piperidine rings is 1. The number of nitrogens with zero attached hydrogens (tertiary/aromatic N) is 4. The number of hydrogen-bond donors (Lipinski definition) is 1. The molecule has 27 heavy (non-hydrogen) atoms. The highest BCUT2D eigenvalue weighted by Gasteiger charge is 2.35. The summed E-state index contributed by atoms with van der Waals surface area (Å²) < 4.78 is 3.94. The van der Waals surface area contributed by atoms with E-state index in [-0.39, 0.29) is 5.91 Å². The fourth-order valence-electron chi connectivity index (χ4n) is 4.01. The lowest BCUT2D eigenvalue weighted by atomic mass is 9.91. The minimum atomic E-state index is -0.793. The van der Waals surface area contributed by atoms with Crippen LogP contribution < -0.4 is 0 Å². The van der Waals surface area contributed by atoms with Gasteiger partial charge in [0.1, 0.15) is 11.5 Å². The predicted octanol–water partition coefficient (Wildman–Crippen LogP) is 2.66. The summed E-state index contributed by atoms with van der Waals surface area (Å²) in [6, 6.07) is 8.20. The van der Waals surface area contributed by atoms with Gasteiger partial charge in [-0.3, -0.25) is 4.79 Å². The maximum absolute atomic E-state index is 13.1. The third kappa shape index (κ3) is 3.25. The smallest absolute Gasteiger partial charge is 0.270 e. The predicted molar refractivity (Wildman–Crippen MR) is 105 cm³/mol. The van der Waals surface area contributed by atoms with Crippen LogP contribution in [-0.4, -0.2) is 48.7 Å². The Morgan fingerprint density at radius 1 is 1.22 bits per heavy atom. The molecule has 0 saturated carbocycles. The zero-order valence-electron chi connectivity index (χ0n) is 16.1. The highest BCUT2D eigenvalue weighted by Crippen LogP contribution is 2.27. The summed E-state index contributed by atoms with van der Waals surface area (Å²) in [5.41, 5.74) is 2.16. The first-order valence-corrected chi connectivity index (χ1v) is 9.42. The number of benzene rings is 1. The minimum Gasteiger partial charge on any atom is -0.388 e. The molecule has 6 nitrogen and oxygen atoms in total. The van der Waals surface area contributed by atoms with Gasteiger partial charge in [0.2, 0.25) is 0 Å². The van der Waals surface area contributed by atoms with Crippen LogP contribution in [0.5, 0.6) is 0 Å². The van der Waals surface area contributed by atoms with Crippen LogP contribution in [-0.2, 0) is 13.6 Å². The van der Waals surface area contributed by atoms with Crippen molar-refractivity contribution in [2.75, 3.05) is 13.1 Å². The first kappa shape index (κ1) is 17.8. The van der Waals surface area contributed by atoms with Gasteiger partial charge in [0.05, 0.1) is 12.1 Å². The summed E-state index contributed by atoms with van der Waals surface area (Å²) in [6.45, 7) is 5.63. The number of aryl methyl sites for hydroxylation is 3. The summed E-state index contributed by atoms with van der Waals surface area (Å²) in [7, 11) is 1.94. The molecule has 1 N–H and O–H groups in total. The number of fused-ring (bicyclic) bond motifs is 1. The topological polar surface area (TPSA) is 63.3 Å². The van der Waals surface area contributed by atoms with Crippen molar-refractivity contribution < 1.29 is 9.90 Å². The van der Waals surface area contributed by atoms with E-state index in [0.717, 1.165) is 16.7 Å². The van der Waals surface area contributed by atoms with E-state index in [9.17, 15) is 9.90 Å². The van der Waals surface area contributed by atoms with E-state index in [2.05, 4.69) is 30.1 Å². The average molecular weight is 366 g/mol. The van der Waals surface area contributed by atoms with Gasteiger partial charge in [0.25, 0.3) is 5.91 Å². The molecule has 0 atom stereocenters. The number of aromatic nitrogens is 3. The Balaban J connectivity index is 1.49. The van der Waals surface area contributed by atoms with Crippen LogP contribution >= 0.6 is 0 Å². The molecular weight excluding hydrogens is 340 g/mol. The zero-order chi connectivity index (χ0) is 19.2. The van der Waals surface area contributed by atoms with Crippen LogP contribution in [0.1, 0.15) is 34.7 Å². The van der Waals surface area contributed by atoms with Crippen molar-refractivity contribution in [3.63, 3.8) is 0 Å². The van der Waals surface area contributed by atoms with Crippen molar-refractivity contribution >= 4 is 16.8 Å². The van der Waals surface area contributed by atoms with Gasteiger partial charge in [-0.15, -0.1) is 0 Å². The third-order valence-electron chi connectivity index (χ3n) is 5.79. The molecule has 6 heteroatoms. The molecule has 2 aromatic heterocycles. The number of hydrogen-bond acceptors (Lipinski definition) is 3. The lowest BCUT2D eigenvalue weighted by molar-refractivity contribution is -0.0297. The lowest BCUT2D eigenvalue weighted by Crippen LogP contribution is -2.49. The van der Waals surface area contributed by atoms with E-state index < -0.39 is 5.60 Å². The minimum absolute atomic E-state index is 0.0345. The van der Waals surface area contributed by atoms with Crippen molar-refractivity contribution in [3.8, 4) is 0 Å². The van der Waals surface area contributed by atoms with Crippen molar-refractivity contribution in [1.29, 1.82) is 0 Å². The van der Waals surface area contributed by atoms with Gasteiger partial charge in [-0.2, -0.15) is 0 Å². The number of rotatable bonds is 3. The van der Waals surface area contributed by atoms with E-state index >= 15 is 0 Å². The quantitative estimate of drug-likeness (QED) is 0.775. The third-order valence-corrected chi connectivity index (χ3v) is 5.79. The number of aliphatic hydroxyl groups is 1. The van der Waals surface area contributed by atoms with E-state index in [1.165, 1.54) is 5.56 Å².